The van der Waals surface area contributed by atoms with Crippen LogP contribution in [0.25, 0.3) is 0 Å². The van der Waals surface area contributed by atoms with Crippen molar-refractivity contribution in [2.75, 3.05) is 13.7 Å². The monoisotopic (exact) mass is 303 g/mol. The van der Waals surface area contributed by atoms with Gasteiger partial charge in [-0.1, -0.05) is 6.92 Å². The summed E-state index contributed by atoms with van der Waals surface area (Å²) in [5, 5.41) is 7.31. The average Bonchev–Trinajstić information content (AvgIpc) is 2.74. The van der Waals surface area contributed by atoms with E-state index in [1.54, 1.807) is 10.9 Å². The number of hydrogen-bond acceptors (Lipinski definition) is 4. The van der Waals surface area contributed by atoms with E-state index in [0.717, 1.165) is 17.4 Å². The van der Waals surface area contributed by atoms with Crippen LogP contribution in [0.3, 0.4) is 0 Å². The van der Waals surface area contributed by atoms with Crippen LogP contribution in [0, 0.1) is 0 Å². The molecule has 0 saturated carbocycles. The largest absolute Gasteiger partial charge is 0.468 e. The van der Waals surface area contributed by atoms with Crippen LogP contribution >= 0.6 is 15.9 Å². The van der Waals surface area contributed by atoms with Crippen molar-refractivity contribution in [2.24, 2.45) is 0 Å². The number of ether oxygens (including phenoxy) is 1. The molecular weight excluding hydrogens is 286 g/mol. The van der Waals surface area contributed by atoms with E-state index < -0.39 is 0 Å². The molecule has 0 aromatic carbocycles. The number of methoxy groups -OCH3 is 1. The number of nitrogens with zero attached hydrogens (tertiary/aromatic N) is 2. The maximum absolute atomic E-state index is 11.5. The van der Waals surface area contributed by atoms with Crippen LogP contribution < -0.4 is 5.32 Å². The normalized spacial score (nSPS) is 12.4. The predicted octanol–water partition coefficient (Wildman–Crippen LogP) is 1.58. The zero-order valence-corrected chi connectivity index (χ0v) is 11.7. The van der Waals surface area contributed by atoms with Crippen LogP contribution in [0.1, 0.15) is 19.8 Å². The Hall–Kier alpha value is -0.880. The number of esters is 1. The van der Waals surface area contributed by atoms with Gasteiger partial charge in [0, 0.05) is 12.7 Å². The summed E-state index contributed by atoms with van der Waals surface area (Å²) in [6.07, 6.45) is 5.27. The summed E-state index contributed by atoms with van der Waals surface area (Å²) in [5.74, 6) is -0.218. The molecule has 0 amide bonds. The van der Waals surface area contributed by atoms with Gasteiger partial charge in [0.1, 0.15) is 6.04 Å². The van der Waals surface area contributed by atoms with E-state index in [0.29, 0.717) is 13.0 Å². The molecule has 1 atom stereocenters. The zero-order chi connectivity index (χ0) is 12.7. The molecule has 96 valence electrons. The molecule has 1 heterocycles. The van der Waals surface area contributed by atoms with Gasteiger partial charge in [-0.2, -0.15) is 5.10 Å². The van der Waals surface area contributed by atoms with Crippen LogP contribution in [0.15, 0.2) is 16.9 Å². The second kappa shape index (κ2) is 7.45. The molecule has 0 aliphatic rings. The van der Waals surface area contributed by atoms with Gasteiger partial charge in [-0.15, -0.1) is 0 Å². The average molecular weight is 304 g/mol. The summed E-state index contributed by atoms with van der Waals surface area (Å²) in [4.78, 5) is 11.5. The summed E-state index contributed by atoms with van der Waals surface area (Å²) in [6, 6.07) is -0.261. The highest BCUT2D eigenvalue weighted by Gasteiger charge is 2.17. The fourth-order valence-corrected chi connectivity index (χ4v) is 1.81. The number of hydrogen-bond donors (Lipinski definition) is 1. The minimum absolute atomic E-state index is 0.218. The third-order valence-electron chi connectivity index (χ3n) is 2.38. The molecule has 6 heteroatoms. The molecule has 17 heavy (non-hydrogen) atoms. The van der Waals surface area contributed by atoms with Gasteiger partial charge < -0.3 is 10.1 Å². The highest BCUT2D eigenvalue weighted by Crippen LogP contribution is 2.07. The molecule has 5 nitrogen and oxygen atoms in total. The van der Waals surface area contributed by atoms with Crippen molar-refractivity contribution in [3.05, 3.63) is 16.9 Å². The van der Waals surface area contributed by atoms with Gasteiger partial charge in [0.05, 0.1) is 17.8 Å². The van der Waals surface area contributed by atoms with Gasteiger partial charge in [-0.3, -0.25) is 9.48 Å². The molecule has 1 aromatic heterocycles. The van der Waals surface area contributed by atoms with Crippen LogP contribution in [-0.2, 0) is 16.1 Å². The quantitative estimate of drug-likeness (QED) is 0.777. The Balaban J connectivity index is 2.45. The van der Waals surface area contributed by atoms with Crippen molar-refractivity contribution < 1.29 is 9.53 Å². The van der Waals surface area contributed by atoms with Crippen molar-refractivity contribution in [3.63, 3.8) is 0 Å². The van der Waals surface area contributed by atoms with Crippen molar-refractivity contribution in [1.29, 1.82) is 0 Å². The van der Waals surface area contributed by atoms with E-state index in [1.807, 2.05) is 6.20 Å². The van der Waals surface area contributed by atoms with E-state index in [9.17, 15) is 4.79 Å². The maximum Gasteiger partial charge on any atom is 0.322 e. The van der Waals surface area contributed by atoms with Gasteiger partial charge in [0.25, 0.3) is 0 Å². The van der Waals surface area contributed by atoms with Crippen LogP contribution in [0.4, 0.5) is 0 Å². The van der Waals surface area contributed by atoms with Gasteiger partial charge in [0.2, 0.25) is 0 Å². The lowest BCUT2D eigenvalue weighted by Gasteiger charge is -2.15. The standard InChI is InChI=1S/C11H18BrN3O2/c1-3-5-13-10(11(16)17-2)4-6-15-8-9(12)7-14-15/h7-8,10,13H,3-6H2,1-2H3. The SMILES string of the molecule is CCCNC(CCn1cc(Br)cn1)C(=O)OC. The first kappa shape index (κ1) is 14.2. The first-order valence-corrected chi connectivity index (χ1v) is 6.45. The van der Waals surface area contributed by atoms with Crippen molar-refractivity contribution in [1.82, 2.24) is 15.1 Å². The van der Waals surface area contributed by atoms with E-state index in [1.165, 1.54) is 7.11 Å². The van der Waals surface area contributed by atoms with Gasteiger partial charge in [0.15, 0.2) is 0 Å². The molecule has 1 aromatic rings. The number of rotatable bonds is 7. The third-order valence-corrected chi connectivity index (χ3v) is 2.78. The summed E-state index contributed by atoms with van der Waals surface area (Å²) in [6.45, 7) is 3.55. The Morgan fingerprint density at radius 1 is 1.71 bits per heavy atom. The summed E-state index contributed by atoms with van der Waals surface area (Å²) < 4.78 is 7.50. The lowest BCUT2D eigenvalue weighted by molar-refractivity contribution is -0.143. The number of aryl methyl sites for hydroxylation is 1. The molecule has 0 aliphatic carbocycles. The highest BCUT2D eigenvalue weighted by atomic mass is 79.9. The molecule has 1 unspecified atom stereocenters. The molecule has 0 radical (unpaired) electrons. The molecule has 0 aliphatic heterocycles. The van der Waals surface area contributed by atoms with E-state index in [4.69, 9.17) is 4.74 Å². The van der Waals surface area contributed by atoms with Crippen LogP contribution in [0.5, 0.6) is 0 Å². The lowest BCUT2D eigenvalue weighted by atomic mass is 10.2. The van der Waals surface area contributed by atoms with Gasteiger partial charge >= 0.3 is 5.97 Å². The highest BCUT2D eigenvalue weighted by molar-refractivity contribution is 9.10. The summed E-state index contributed by atoms with van der Waals surface area (Å²) in [7, 11) is 1.41. The predicted molar refractivity (Wildman–Crippen MR) is 68.6 cm³/mol. The topological polar surface area (TPSA) is 56.2 Å². The number of aromatic nitrogens is 2. The molecule has 0 spiro atoms. The fourth-order valence-electron chi connectivity index (χ4n) is 1.49. The minimum Gasteiger partial charge on any atom is -0.468 e. The van der Waals surface area contributed by atoms with Gasteiger partial charge in [-0.05, 0) is 35.3 Å². The first-order valence-electron chi connectivity index (χ1n) is 5.66. The first-order chi connectivity index (χ1) is 8.17. The Morgan fingerprint density at radius 3 is 3.00 bits per heavy atom. The Labute approximate surface area is 110 Å². The molecule has 0 bridgehead atoms. The van der Waals surface area contributed by atoms with Crippen LogP contribution in [-0.4, -0.2) is 35.4 Å². The van der Waals surface area contributed by atoms with Crippen molar-refractivity contribution in [3.8, 4) is 0 Å². The minimum atomic E-state index is -0.261. The molecule has 1 rings (SSSR count). The lowest BCUT2D eigenvalue weighted by Crippen LogP contribution is -2.38. The molecule has 0 fully saturated rings. The molecular formula is C11H18BrN3O2. The Bertz CT molecular complexity index is 354. The Morgan fingerprint density at radius 2 is 2.47 bits per heavy atom. The van der Waals surface area contributed by atoms with E-state index in [2.05, 4.69) is 33.3 Å². The summed E-state index contributed by atoms with van der Waals surface area (Å²) >= 11 is 3.33. The third kappa shape index (κ3) is 4.87. The summed E-state index contributed by atoms with van der Waals surface area (Å²) in [5.41, 5.74) is 0. The van der Waals surface area contributed by atoms with E-state index >= 15 is 0 Å². The smallest absolute Gasteiger partial charge is 0.322 e. The fraction of sp³-hybridized carbons (Fsp3) is 0.636. The zero-order valence-electron chi connectivity index (χ0n) is 10.1. The second-order valence-electron chi connectivity index (χ2n) is 3.74. The number of halogens is 1. The number of nitrogens with one attached hydrogen (secondary N) is 1. The number of carbonyl (C=O) groups excluding carboxylic acids is 1. The number of carbonyl (C=O) groups is 1. The second-order valence-corrected chi connectivity index (χ2v) is 4.66. The molecule has 1 N–H and O–H groups in total. The van der Waals surface area contributed by atoms with Crippen LogP contribution in [0.2, 0.25) is 0 Å². The Kier molecular flexibility index (Phi) is 6.21. The van der Waals surface area contributed by atoms with E-state index in [-0.39, 0.29) is 12.0 Å². The molecule has 0 saturated heterocycles. The van der Waals surface area contributed by atoms with Crippen molar-refractivity contribution >= 4 is 21.9 Å². The van der Waals surface area contributed by atoms with Crippen molar-refractivity contribution in [2.45, 2.75) is 32.4 Å². The van der Waals surface area contributed by atoms with Gasteiger partial charge in [-0.25, -0.2) is 0 Å². The maximum atomic E-state index is 11.5.